The second-order valence-electron chi connectivity index (χ2n) is 1.69. The molecule has 0 aromatic heterocycles. The molecule has 1 aromatic carbocycles. The van der Waals surface area contributed by atoms with Gasteiger partial charge in [0, 0.05) is 0 Å². The largest absolute Gasteiger partial charge is 0.206 e. The van der Waals surface area contributed by atoms with Crippen molar-refractivity contribution in [2.24, 2.45) is 0 Å². The van der Waals surface area contributed by atoms with Crippen molar-refractivity contribution in [3.8, 4) is 0 Å². The lowest BCUT2D eigenvalue weighted by atomic mass is 10.3. The molecule has 0 saturated carbocycles. The minimum absolute atomic E-state index is 0.216. The predicted octanol–water partition coefficient (Wildman–Crippen LogP) is 2.86. The SMILES string of the molecule is Fc1ccc(I)c(F)c1S. The van der Waals surface area contributed by atoms with E-state index in [1.165, 1.54) is 12.1 Å². The highest BCUT2D eigenvalue weighted by atomic mass is 127. The van der Waals surface area contributed by atoms with E-state index >= 15 is 0 Å². The molecule has 0 heterocycles. The lowest BCUT2D eigenvalue weighted by Crippen LogP contribution is -1.87. The normalized spacial score (nSPS) is 10.0. The molecule has 10 heavy (non-hydrogen) atoms. The van der Waals surface area contributed by atoms with Gasteiger partial charge in [-0.05, 0) is 34.7 Å². The molecule has 1 aromatic rings. The second-order valence-corrected chi connectivity index (χ2v) is 3.30. The Balaban J connectivity index is 3.34. The van der Waals surface area contributed by atoms with Crippen LogP contribution in [0.5, 0.6) is 0 Å². The highest BCUT2D eigenvalue weighted by Crippen LogP contribution is 2.20. The standard InChI is InChI=1S/C6H3F2IS/c7-3-1-2-4(9)5(8)6(3)10/h1-2,10H. The second kappa shape index (κ2) is 3.04. The summed E-state index contributed by atoms with van der Waals surface area (Å²) in [5.74, 6) is -1.22. The summed E-state index contributed by atoms with van der Waals surface area (Å²) in [5.41, 5.74) is 0. The van der Waals surface area contributed by atoms with E-state index in [1.54, 1.807) is 22.6 Å². The van der Waals surface area contributed by atoms with Crippen molar-refractivity contribution in [3.05, 3.63) is 27.3 Å². The molecule has 0 aliphatic carbocycles. The molecular weight excluding hydrogens is 269 g/mol. The van der Waals surface area contributed by atoms with Crippen LogP contribution in [0.3, 0.4) is 0 Å². The fourth-order valence-electron chi connectivity index (χ4n) is 0.516. The molecule has 54 valence electrons. The Morgan fingerprint density at radius 3 is 2.40 bits per heavy atom. The number of halogens is 3. The quantitative estimate of drug-likeness (QED) is 0.419. The smallest absolute Gasteiger partial charge is 0.152 e. The number of hydrogen-bond donors (Lipinski definition) is 1. The van der Waals surface area contributed by atoms with Crippen LogP contribution in [0.2, 0.25) is 0 Å². The average molecular weight is 272 g/mol. The van der Waals surface area contributed by atoms with Gasteiger partial charge in [0.1, 0.15) is 5.82 Å². The summed E-state index contributed by atoms with van der Waals surface area (Å²) in [6.07, 6.45) is 0. The molecular formula is C6H3F2IS. The van der Waals surface area contributed by atoms with Crippen LogP contribution < -0.4 is 0 Å². The monoisotopic (exact) mass is 272 g/mol. The lowest BCUT2D eigenvalue weighted by molar-refractivity contribution is 0.536. The minimum Gasteiger partial charge on any atom is -0.206 e. The average Bonchev–Trinajstić information content (AvgIpc) is 1.93. The maximum Gasteiger partial charge on any atom is 0.152 e. The Hall–Kier alpha value is 0.160. The molecule has 0 aliphatic rings. The molecule has 0 nitrogen and oxygen atoms in total. The first-order valence-corrected chi connectivity index (χ1v) is 3.98. The molecule has 0 amide bonds. The Morgan fingerprint density at radius 2 is 1.90 bits per heavy atom. The number of thiol groups is 1. The number of hydrogen-bond acceptors (Lipinski definition) is 1. The first kappa shape index (κ1) is 8.26. The molecule has 0 aliphatic heterocycles. The van der Waals surface area contributed by atoms with Gasteiger partial charge in [0.25, 0.3) is 0 Å². The maximum absolute atomic E-state index is 12.7. The van der Waals surface area contributed by atoms with Gasteiger partial charge in [-0.1, -0.05) is 0 Å². The van der Waals surface area contributed by atoms with E-state index in [0.29, 0.717) is 3.57 Å². The van der Waals surface area contributed by atoms with Crippen molar-refractivity contribution in [2.45, 2.75) is 4.90 Å². The Kier molecular flexibility index (Phi) is 2.51. The van der Waals surface area contributed by atoms with Gasteiger partial charge in [-0.2, -0.15) is 0 Å². The topological polar surface area (TPSA) is 0 Å². The van der Waals surface area contributed by atoms with Gasteiger partial charge in [0.2, 0.25) is 0 Å². The summed E-state index contributed by atoms with van der Waals surface area (Å²) in [6, 6.07) is 2.55. The van der Waals surface area contributed by atoms with E-state index in [9.17, 15) is 8.78 Å². The summed E-state index contributed by atoms with van der Waals surface area (Å²) in [7, 11) is 0. The molecule has 0 bridgehead atoms. The predicted molar refractivity (Wildman–Crippen MR) is 46.3 cm³/mol. The Bertz CT molecular complexity index is 235. The molecule has 0 unspecified atom stereocenters. The van der Waals surface area contributed by atoms with Gasteiger partial charge < -0.3 is 0 Å². The zero-order valence-corrected chi connectivity index (χ0v) is 7.79. The first-order valence-electron chi connectivity index (χ1n) is 2.45. The van der Waals surface area contributed by atoms with Crippen LogP contribution in [0.15, 0.2) is 17.0 Å². The van der Waals surface area contributed by atoms with Crippen LogP contribution in [-0.2, 0) is 0 Å². The molecule has 1 rings (SSSR count). The molecule has 0 saturated heterocycles. The van der Waals surface area contributed by atoms with Gasteiger partial charge in [0.15, 0.2) is 5.82 Å². The molecule has 4 heteroatoms. The molecule has 0 N–H and O–H groups in total. The molecule has 0 fully saturated rings. The summed E-state index contributed by atoms with van der Waals surface area (Å²) < 4.78 is 25.5. The lowest BCUT2D eigenvalue weighted by Gasteiger charge is -1.97. The fraction of sp³-hybridized carbons (Fsp3) is 0. The summed E-state index contributed by atoms with van der Waals surface area (Å²) in [5, 5.41) is 0. The van der Waals surface area contributed by atoms with E-state index in [4.69, 9.17) is 0 Å². The molecule has 0 atom stereocenters. The van der Waals surface area contributed by atoms with Crippen LogP contribution in [0, 0.1) is 15.2 Å². The van der Waals surface area contributed by atoms with Crippen molar-refractivity contribution in [1.29, 1.82) is 0 Å². The summed E-state index contributed by atoms with van der Waals surface area (Å²) >= 11 is 5.40. The summed E-state index contributed by atoms with van der Waals surface area (Å²) in [4.78, 5) is -0.216. The third-order valence-electron chi connectivity index (χ3n) is 1.02. The van der Waals surface area contributed by atoms with Gasteiger partial charge >= 0.3 is 0 Å². The van der Waals surface area contributed by atoms with Crippen molar-refractivity contribution >= 4 is 35.2 Å². The third kappa shape index (κ3) is 1.42. The van der Waals surface area contributed by atoms with Crippen molar-refractivity contribution < 1.29 is 8.78 Å². The fourth-order valence-corrected chi connectivity index (χ4v) is 1.37. The highest BCUT2D eigenvalue weighted by molar-refractivity contribution is 14.1. The zero-order chi connectivity index (χ0) is 7.72. The van der Waals surface area contributed by atoms with Gasteiger partial charge in [-0.3, -0.25) is 0 Å². The third-order valence-corrected chi connectivity index (χ3v) is 2.26. The van der Waals surface area contributed by atoms with Crippen LogP contribution in [0.25, 0.3) is 0 Å². The maximum atomic E-state index is 12.7. The van der Waals surface area contributed by atoms with Crippen molar-refractivity contribution in [1.82, 2.24) is 0 Å². The van der Waals surface area contributed by atoms with Crippen LogP contribution in [0.1, 0.15) is 0 Å². The summed E-state index contributed by atoms with van der Waals surface area (Å²) in [6.45, 7) is 0. The first-order chi connectivity index (χ1) is 4.63. The van der Waals surface area contributed by atoms with Crippen LogP contribution in [0.4, 0.5) is 8.78 Å². The van der Waals surface area contributed by atoms with Crippen LogP contribution >= 0.6 is 35.2 Å². The van der Waals surface area contributed by atoms with E-state index in [2.05, 4.69) is 12.6 Å². The van der Waals surface area contributed by atoms with E-state index in [-0.39, 0.29) is 4.90 Å². The van der Waals surface area contributed by atoms with Gasteiger partial charge in [-0.25, -0.2) is 8.78 Å². The molecule has 0 spiro atoms. The van der Waals surface area contributed by atoms with Crippen molar-refractivity contribution in [3.63, 3.8) is 0 Å². The minimum atomic E-state index is -0.624. The van der Waals surface area contributed by atoms with Crippen molar-refractivity contribution in [2.75, 3.05) is 0 Å². The number of rotatable bonds is 0. The Labute approximate surface area is 76.2 Å². The van der Waals surface area contributed by atoms with E-state index in [1.807, 2.05) is 0 Å². The number of benzene rings is 1. The highest BCUT2D eigenvalue weighted by Gasteiger charge is 2.06. The van der Waals surface area contributed by atoms with E-state index in [0.717, 1.165) is 0 Å². The molecule has 0 radical (unpaired) electrons. The van der Waals surface area contributed by atoms with E-state index < -0.39 is 11.6 Å². The van der Waals surface area contributed by atoms with Crippen LogP contribution in [-0.4, -0.2) is 0 Å². The zero-order valence-electron chi connectivity index (χ0n) is 4.74. The Morgan fingerprint density at radius 1 is 1.30 bits per heavy atom. The van der Waals surface area contributed by atoms with Gasteiger partial charge in [0.05, 0.1) is 8.47 Å². The van der Waals surface area contributed by atoms with Gasteiger partial charge in [-0.15, -0.1) is 12.6 Å².